The minimum Gasteiger partial charge on any atom is -0.394 e. The summed E-state index contributed by atoms with van der Waals surface area (Å²) in [6, 6.07) is 14.4. The molecule has 0 aliphatic carbocycles. The number of fused-ring (bicyclic) bond motifs is 10. The predicted molar refractivity (Wildman–Crippen MR) is 167 cm³/mol. The number of aromatic amines is 1. The van der Waals surface area contributed by atoms with Crippen LogP contribution in [0.25, 0.3) is 43.6 Å². The highest BCUT2D eigenvalue weighted by atomic mass is 16.7. The van der Waals surface area contributed by atoms with Gasteiger partial charge in [-0.1, -0.05) is 36.4 Å². The highest BCUT2D eigenvalue weighted by Gasteiger charge is 2.49. The maximum atomic E-state index is 13.7. The topological polar surface area (TPSA) is 227 Å². The normalized spacial score (nSPS) is 32.7. The molecule has 0 bridgehead atoms. The van der Waals surface area contributed by atoms with E-state index < -0.39 is 86.4 Å². The Bertz CT molecular complexity index is 2110. The first kappa shape index (κ1) is 31.3. The van der Waals surface area contributed by atoms with Gasteiger partial charge in [-0.25, -0.2) is 0 Å². The van der Waals surface area contributed by atoms with Crippen LogP contribution >= 0.6 is 0 Å². The van der Waals surface area contributed by atoms with E-state index >= 15 is 0 Å². The second-order valence-corrected chi connectivity index (χ2v) is 12.5. The molecule has 8 rings (SSSR count). The Morgan fingerprint density at radius 2 is 1.38 bits per heavy atom. The molecule has 3 aliphatic heterocycles. The number of nitrogens with zero attached hydrogens (tertiary/aromatic N) is 2. The van der Waals surface area contributed by atoms with E-state index in [2.05, 4.69) is 4.98 Å². The number of benzene rings is 3. The SMILES string of the molecule is CN1C(=O)c2c(c3c4ccccc4n([C@@H]4O[C@H](CO[C@H]5O[C@H](CO)[C@H](O)[C@H](O)[C@H]5O)[C@@H](O)[C@H](O)[C@H]4O)c3c3[nH]c4ccccc4c23)C1=O. The van der Waals surface area contributed by atoms with Crippen LogP contribution in [-0.4, -0.2) is 137 Å². The van der Waals surface area contributed by atoms with Gasteiger partial charge in [-0.2, -0.15) is 0 Å². The second kappa shape index (κ2) is 11.3. The zero-order valence-corrected chi connectivity index (χ0v) is 25.4. The minimum atomic E-state index is -1.76. The third-order valence-corrected chi connectivity index (χ3v) is 9.86. The lowest BCUT2D eigenvalue weighted by molar-refractivity contribution is -0.317. The van der Waals surface area contributed by atoms with Crippen molar-refractivity contribution in [2.24, 2.45) is 0 Å². The molecule has 8 N–H and O–H groups in total. The first-order valence-corrected chi connectivity index (χ1v) is 15.5. The van der Waals surface area contributed by atoms with Crippen LogP contribution in [-0.2, 0) is 14.2 Å². The summed E-state index contributed by atoms with van der Waals surface area (Å²) >= 11 is 0. The molecule has 2 amide bonds. The number of aliphatic hydroxyl groups excluding tert-OH is 7. The van der Waals surface area contributed by atoms with E-state index in [9.17, 15) is 45.3 Å². The van der Waals surface area contributed by atoms with E-state index in [1.54, 1.807) is 28.8 Å². The van der Waals surface area contributed by atoms with E-state index in [4.69, 9.17) is 14.2 Å². The lowest BCUT2D eigenvalue weighted by Crippen LogP contribution is -2.60. The molecule has 3 aliphatic rings. The van der Waals surface area contributed by atoms with Crippen LogP contribution in [0, 0.1) is 0 Å². The predicted octanol–water partition coefficient (Wildman–Crippen LogP) is -0.549. The molecule has 2 fully saturated rings. The van der Waals surface area contributed by atoms with Gasteiger partial charge in [0, 0.05) is 34.1 Å². The molecule has 5 aromatic rings. The minimum absolute atomic E-state index is 0.193. The summed E-state index contributed by atoms with van der Waals surface area (Å²) in [5, 5.41) is 76.1. The lowest BCUT2D eigenvalue weighted by atomic mass is 9.96. The first-order valence-electron chi connectivity index (χ1n) is 15.5. The Labute approximate surface area is 270 Å². The number of imide groups is 1. The van der Waals surface area contributed by atoms with Gasteiger partial charge in [0.15, 0.2) is 12.5 Å². The van der Waals surface area contributed by atoms with Crippen molar-refractivity contribution in [1.82, 2.24) is 14.5 Å². The molecule has 0 radical (unpaired) electrons. The highest BCUT2D eigenvalue weighted by molar-refractivity contribution is 6.39. The molecule has 252 valence electrons. The fourth-order valence-corrected chi connectivity index (χ4v) is 7.39. The van der Waals surface area contributed by atoms with Crippen LogP contribution in [0.15, 0.2) is 48.5 Å². The van der Waals surface area contributed by atoms with Crippen molar-refractivity contribution in [2.45, 2.75) is 61.3 Å². The first-order chi connectivity index (χ1) is 23.0. The Balaban J connectivity index is 1.29. The van der Waals surface area contributed by atoms with Crippen molar-refractivity contribution in [1.29, 1.82) is 0 Å². The van der Waals surface area contributed by atoms with Crippen molar-refractivity contribution >= 4 is 55.4 Å². The fraction of sp³-hybridized carbons (Fsp3) is 0.394. The molecule has 15 nitrogen and oxygen atoms in total. The molecular formula is C33H33N3O12. The number of hydrogen-bond acceptors (Lipinski definition) is 12. The van der Waals surface area contributed by atoms with Gasteiger partial charge in [0.25, 0.3) is 11.8 Å². The molecule has 0 unspecified atom stereocenters. The number of aromatic nitrogens is 2. The van der Waals surface area contributed by atoms with Gasteiger partial charge in [-0.15, -0.1) is 0 Å². The molecule has 0 saturated carbocycles. The maximum Gasteiger partial charge on any atom is 0.262 e. The average Bonchev–Trinajstić information content (AvgIpc) is 3.71. The number of nitrogens with one attached hydrogen (secondary N) is 1. The van der Waals surface area contributed by atoms with Gasteiger partial charge in [0.1, 0.15) is 48.8 Å². The van der Waals surface area contributed by atoms with Crippen LogP contribution in [0.5, 0.6) is 0 Å². The molecule has 2 saturated heterocycles. The number of ether oxygens (including phenoxy) is 3. The maximum absolute atomic E-state index is 13.7. The molecule has 0 spiro atoms. The van der Waals surface area contributed by atoms with Crippen molar-refractivity contribution < 1.29 is 59.5 Å². The summed E-state index contributed by atoms with van der Waals surface area (Å²) < 4.78 is 19.0. The number of aliphatic hydroxyl groups is 7. The van der Waals surface area contributed by atoms with Crippen LogP contribution in [0.1, 0.15) is 26.9 Å². The molecule has 5 heterocycles. The van der Waals surface area contributed by atoms with E-state index in [-0.39, 0.29) is 11.1 Å². The van der Waals surface area contributed by atoms with Crippen molar-refractivity contribution in [2.75, 3.05) is 20.3 Å². The zero-order chi connectivity index (χ0) is 33.8. The van der Waals surface area contributed by atoms with Gasteiger partial charge < -0.3 is 59.5 Å². The standard InChI is InChI=1S/C33H33N3O12/c1-35-30(44)20-18-12-6-2-4-8-14(12)34-22(18)23-19(21(20)31(35)45)13-7-3-5-9-15(13)36(23)32-28(42)26(40)25(39)17(47-32)11-46-33-29(43)27(41)24(38)16(10-37)48-33/h2-9,16-17,24-29,32-34,37-43H,10-11H2,1H3/t16-,17-,24+,25-,26+,27+,28-,29-,32-,33+/m1/s1. The second-order valence-electron chi connectivity index (χ2n) is 12.5. The van der Waals surface area contributed by atoms with E-state index in [1.165, 1.54) is 7.05 Å². The van der Waals surface area contributed by atoms with Crippen LogP contribution in [0.3, 0.4) is 0 Å². The largest absolute Gasteiger partial charge is 0.394 e. The third-order valence-electron chi connectivity index (χ3n) is 9.86. The van der Waals surface area contributed by atoms with E-state index in [0.29, 0.717) is 43.6 Å². The van der Waals surface area contributed by atoms with Crippen molar-refractivity contribution in [3.63, 3.8) is 0 Å². The summed E-state index contributed by atoms with van der Waals surface area (Å²) in [5.41, 5.74) is 2.54. The number of carbonyl (C=O) groups is 2. The van der Waals surface area contributed by atoms with Gasteiger partial charge in [-0.05, 0) is 12.1 Å². The van der Waals surface area contributed by atoms with Crippen LogP contribution in [0.2, 0.25) is 0 Å². The molecular weight excluding hydrogens is 630 g/mol. The quantitative estimate of drug-likeness (QED) is 0.111. The molecule has 3 aromatic carbocycles. The molecule has 2 aromatic heterocycles. The monoisotopic (exact) mass is 663 g/mol. The van der Waals surface area contributed by atoms with E-state index in [1.807, 2.05) is 24.3 Å². The number of hydrogen-bond donors (Lipinski definition) is 8. The molecule has 10 atom stereocenters. The Morgan fingerprint density at radius 1 is 0.750 bits per heavy atom. The molecule has 48 heavy (non-hydrogen) atoms. The number of rotatable bonds is 5. The highest BCUT2D eigenvalue weighted by Crippen LogP contribution is 2.47. The summed E-state index contributed by atoms with van der Waals surface area (Å²) in [6.07, 6.45) is -15.7. The van der Waals surface area contributed by atoms with Gasteiger partial charge in [0.2, 0.25) is 0 Å². The zero-order valence-electron chi connectivity index (χ0n) is 25.4. The van der Waals surface area contributed by atoms with Gasteiger partial charge >= 0.3 is 0 Å². The van der Waals surface area contributed by atoms with Crippen LogP contribution in [0.4, 0.5) is 0 Å². The number of H-pyrrole nitrogens is 1. The summed E-state index contributed by atoms with van der Waals surface area (Å²) in [7, 11) is 1.42. The number of amides is 2. The summed E-state index contributed by atoms with van der Waals surface area (Å²) in [4.78, 5) is 31.8. The third kappa shape index (κ3) is 4.24. The Hall–Kier alpha value is -4.00. The summed E-state index contributed by atoms with van der Waals surface area (Å²) in [5.74, 6) is -0.956. The number of carbonyl (C=O) groups excluding carboxylic acids is 2. The molecule has 15 heteroatoms. The van der Waals surface area contributed by atoms with Crippen LogP contribution < -0.4 is 0 Å². The van der Waals surface area contributed by atoms with E-state index in [0.717, 1.165) is 4.90 Å². The lowest BCUT2D eigenvalue weighted by Gasteiger charge is -2.43. The van der Waals surface area contributed by atoms with Gasteiger partial charge in [0.05, 0.1) is 40.9 Å². The Morgan fingerprint density at radius 3 is 2.10 bits per heavy atom. The van der Waals surface area contributed by atoms with Crippen molar-refractivity contribution in [3.05, 3.63) is 59.7 Å². The fourth-order valence-electron chi connectivity index (χ4n) is 7.39. The number of para-hydroxylation sites is 2. The summed E-state index contributed by atoms with van der Waals surface area (Å²) in [6.45, 7) is -1.19. The smallest absolute Gasteiger partial charge is 0.262 e. The Kier molecular flexibility index (Phi) is 7.35. The average molecular weight is 664 g/mol. The van der Waals surface area contributed by atoms with Crippen molar-refractivity contribution in [3.8, 4) is 0 Å². The van der Waals surface area contributed by atoms with Gasteiger partial charge in [-0.3, -0.25) is 14.5 Å².